The molecule has 8 heteroatoms. The van der Waals surface area contributed by atoms with Gasteiger partial charge in [-0.25, -0.2) is 0 Å². The zero-order chi connectivity index (χ0) is 20.1. The van der Waals surface area contributed by atoms with Crippen molar-refractivity contribution in [3.8, 4) is 0 Å². The van der Waals surface area contributed by atoms with Gasteiger partial charge in [0.25, 0.3) is 0 Å². The van der Waals surface area contributed by atoms with Crippen LogP contribution in [0.2, 0.25) is 0 Å². The Labute approximate surface area is 165 Å². The van der Waals surface area contributed by atoms with E-state index in [9.17, 15) is 4.57 Å². The fourth-order valence-corrected chi connectivity index (χ4v) is 4.19. The van der Waals surface area contributed by atoms with Crippen LogP contribution in [0.4, 0.5) is 0 Å². The van der Waals surface area contributed by atoms with Crippen molar-refractivity contribution in [2.75, 3.05) is 72.7 Å². The Morgan fingerprint density at radius 1 is 0.593 bits per heavy atom. The molecule has 0 fully saturated rings. The van der Waals surface area contributed by atoms with E-state index in [1.165, 1.54) is 6.42 Å². The summed E-state index contributed by atoms with van der Waals surface area (Å²) in [6.07, 6.45) is 7.01. The van der Waals surface area contributed by atoms with E-state index in [0.29, 0.717) is 59.0 Å². The van der Waals surface area contributed by atoms with Crippen molar-refractivity contribution in [1.29, 1.82) is 0 Å². The van der Waals surface area contributed by atoms with Crippen LogP contribution in [0.15, 0.2) is 0 Å². The minimum absolute atomic E-state index is 0.435. The lowest BCUT2D eigenvalue weighted by atomic mass is 10.1. The highest BCUT2D eigenvalue weighted by Crippen LogP contribution is 2.48. The summed E-state index contributed by atoms with van der Waals surface area (Å²) in [5.41, 5.74) is 0. The fourth-order valence-electron chi connectivity index (χ4n) is 2.46. The maximum absolute atomic E-state index is 12.3. The molecular formula is C19H41O7P. The molecule has 0 N–H and O–H groups in total. The Morgan fingerprint density at radius 3 is 1.56 bits per heavy atom. The third kappa shape index (κ3) is 19.1. The molecule has 0 saturated heterocycles. The van der Waals surface area contributed by atoms with Crippen LogP contribution < -0.4 is 0 Å². The molecule has 0 aliphatic carbocycles. The Balaban J connectivity index is 3.26. The van der Waals surface area contributed by atoms with Crippen molar-refractivity contribution >= 4 is 7.60 Å². The van der Waals surface area contributed by atoms with Crippen LogP contribution in [-0.4, -0.2) is 72.7 Å². The van der Waals surface area contributed by atoms with Gasteiger partial charge in [0, 0.05) is 13.7 Å². The van der Waals surface area contributed by atoms with E-state index in [-0.39, 0.29) is 0 Å². The van der Waals surface area contributed by atoms with Crippen LogP contribution in [0.5, 0.6) is 0 Å². The average molecular weight is 413 g/mol. The largest absolute Gasteiger partial charge is 0.382 e. The van der Waals surface area contributed by atoms with Crippen molar-refractivity contribution in [2.24, 2.45) is 0 Å². The quantitative estimate of drug-likeness (QED) is 0.194. The minimum Gasteiger partial charge on any atom is -0.382 e. The van der Waals surface area contributed by atoms with E-state index in [2.05, 4.69) is 0 Å². The maximum Gasteiger partial charge on any atom is 0.330 e. The standard InChI is InChI=1S/C19H41O7P/c1-4-25-27(20,26-5-2)19-11-9-7-6-8-10-12-22-15-16-24-18-17-23-14-13-21-3/h4-19H2,1-3H3. The molecule has 7 nitrogen and oxygen atoms in total. The monoisotopic (exact) mass is 412 g/mol. The predicted octanol–water partition coefficient (Wildman–Crippen LogP) is 4.29. The molecule has 0 amide bonds. The molecule has 0 aliphatic heterocycles. The maximum atomic E-state index is 12.3. The van der Waals surface area contributed by atoms with E-state index in [1.54, 1.807) is 7.11 Å². The molecule has 0 spiro atoms. The second-order valence-electron chi connectivity index (χ2n) is 6.12. The molecule has 0 aliphatic rings. The lowest BCUT2D eigenvalue weighted by molar-refractivity contribution is 0.00323. The summed E-state index contributed by atoms with van der Waals surface area (Å²) in [4.78, 5) is 0. The Kier molecular flexibility index (Phi) is 20.7. The Morgan fingerprint density at radius 2 is 1.04 bits per heavy atom. The van der Waals surface area contributed by atoms with Gasteiger partial charge in [-0.1, -0.05) is 25.7 Å². The van der Waals surface area contributed by atoms with Gasteiger partial charge in [-0.15, -0.1) is 0 Å². The van der Waals surface area contributed by atoms with E-state index in [4.69, 9.17) is 28.0 Å². The zero-order valence-electron chi connectivity index (χ0n) is 17.6. The first-order chi connectivity index (χ1) is 13.2. The van der Waals surface area contributed by atoms with Gasteiger partial charge in [-0.2, -0.15) is 0 Å². The molecule has 0 saturated carbocycles. The third-order valence-electron chi connectivity index (χ3n) is 3.80. The lowest BCUT2D eigenvalue weighted by Gasteiger charge is -2.16. The first kappa shape index (κ1) is 27.0. The third-order valence-corrected chi connectivity index (χ3v) is 5.97. The van der Waals surface area contributed by atoms with Crippen LogP contribution in [0, 0.1) is 0 Å². The van der Waals surface area contributed by atoms with E-state index >= 15 is 0 Å². The summed E-state index contributed by atoms with van der Waals surface area (Å²) in [5, 5.41) is 0. The highest BCUT2D eigenvalue weighted by molar-refractivity contribution is 7.53. The molecule has 164 valence electrons. The first-order valence-electron chi connectivity index (χ1n) is 10.3. The number of hydrogen-bond donors (Lipinski definition) is 0. The van der Waals surface area contributed by atoms with Gasteiger partial charge in [-0.3, -0.25) is 4.57 Å². The summed E-state index contributed by atoms with van der Waals surface area (Å²) in [5.74, 6) is 0. The van der Waals surface area contributed by atoms with Crippen LogP contribution in [0.25, 0.3) is 0 Å². The summed E-state index contributed by atoms with van der Waals surface area (Å²) in [7, 11) is -1.20. The van der Waals surface area contributed by atoms with Crippen molar-refractivity contribution in [3.63, 3.8) is 0 Å². The minimum atomic E-state index is -2.85. The Bertz CT molecular complexity index is 332. The number of rotatable bonds is 22. The van der Waals surface area contributed by atoms with Crippen molar-refractivity contribution in [1.82, 2.24) is 0 Å². The average Bonchev–Trinajstić information content (AvgIpc) is 2.64. The summed E-state index contributed by atoms with van der Waals surface area (Å²) in [6, 6.07) is 0. The normalized spacial score (nSPS) is 12.0. The number of unbranched alkanes of at least 4 members (excludes halogenated alkanes) is 5. The van der Waals surface area contributed by atoms with Gasteiger partial charge >= 0.3 is 7.60 Å². The molecule has 27 heavy (non-hydrogen) atoms. The van der Waals surface area contributed by atoms with E-state index in [0.717, 1.165) is 38.7 Å². The molecule has 0 unspecified atom stereocenters. The van der Waals surface area contributed by atoms with E-state index < -0.39 is 7.60 Å². The molecular weight excluding hydrogens is 371 g/mol. The second kappa shape index (κ2) is 20.7. The molecule has 0 aromatic carbocycles. The van der Waals surface area contributed by atoms with Crippen LogP contribution in [-0.2, 0) is 32.6 Å². The van der Waals surface area contributed by atoms with Crippen molar-refractivity contribution < 1.29 is 32.6 Å². The molecule has 0 aromatic heterocycles. The molecule has 0 bridgehead atoms. The number of hydrogen-bond acceptors (Lipinski definition) is 7. The fraction of sp³-hybridized carbons (Fsp3) is 1.00. The van der Waals surface area contributed by atoms with Gasteiger partial charge in [-0.05, 0) is 26.7 Å². The van der Waals surface area contributed by atoms with Gasteiger partial charge in [0.05, 0.1) is 59.0 Å². The van der Waals surface area contributed by atoms with Gasteiger partial charge in [0.1, 0.15) is 0 Å². The van der Waals surface area contributed by atoms with Crippen molar-refractivity contribution in [3.05, 3.63) is 0 Å². The number of methoxy groups -OCH3 is 1. The predicted molar refractivity (Wildman–Crippen MR) is 108 cm³/mol. The van der Waals surface area contributed by atoms with Crippen LogP contribution >= 0.6 is 7.60 Å². The SMILES string of the molecule is CCOP(=O)(CCCCCCCCOCCOCCOCCOC)OCC. The Hall–Kier alpha value is -0.0100. The second-order valence-corrected chi connectivity index (χ2v) is 8.31. The highest BCUT2D eigenvalue weighted by Gasteiger charge is 2.22. The summed E-state index contributed by atoms with van der Waals surface area (Å²) in [6.45, 7) is 8.97. The molecule has 0 aromatic rings. The van der Waals surface area contributed by atoms with Crippen LogP contribution in [0.1, 0.15) is 52.4 Å². The lowest BCUT2D eigenvalue weighted by Crippen LogP contribution is -2.11. The topological polar surface area (TPSA) is 72.5 Å². The first-order valence-corrected chi connectivity index (χ1v) is 12.0. The molecule has 0 rings (SSSR count). The zero-order valence-corrected chi connectivity index (χ0v) is 18.5. The van der Waals surface area contributed by atoms with Gasteiger partial charge in [0.15, 0.2) is 0 Å². The number of ether oxygens (including phenoxy) is 4. The van der Waals surface area contributed by atoms with Gasteiger partial charge < -0.3 is 28.0 Å². The van der Waals surface area contributed by atoms with Gasteiger partial charge in [0.2, 0.25) is 0 Å². The highest BCUT2D eigenvalue weighted by atomic mass is 31.2. The molecule has 0 radical (unpaired) electrons. The smallest absolute Gasteiger partial charge is 0.330 e. The summed E-state index contributed by atoms with van der Waals surface area (Å²) >= 11 is 0. The van der Waals surface area contributed by atoms with Crippen LogP contribution in [0.3, 0.4) is 0 Å². The molecule has 0 atom stereocenters. The molecule has 0 heterocycles. The van der Waals surface area contributed by atoms with E-state index in [1.807, 2.05) is 13.8 Å². The van der Waals surface area contributed by atoms with Crippen molar-refractivity contribution in [2.45, 2.75) is 52.4 Å². The summed E-state index contributed by atoms with van der Waals surface area (Å²) < 4.78 is 44.0.